The van der Waals surface area contributed by atoms with Gasteiger partial charge in [0, 0.05) is 0 Å². The first kappa shape index (κ1) is 16.7. The zero-order valence-corrected chi connectivity index (χ0v) is 13.0. The normalized spacial score (nSPS) is 27.1. The number of carbonyl (C=O) groups is 3. The number of halogens is 1. The Hall–Kier alpha value is -2.20. The highest BCUT2D eigenvalue weighted by atomic mass is 19.1. The number of fused-ring (bicyclic) bond motifs is 2. The van der Waals surface area contributed by atoms with E-state index in [1.807, 2.05) is 0 Å². The molecule has 0 unspecified atom stereocenters. The summed E-state index contributed by atoms with van der Waals surface area (Å²) in [6, 6.07) is -2.31. The largest absolute Gasteiger partial charge is 0.477 e. The third kappa shape index (κ3) is 3.20. The van der Waals surface area contributed by atoms with Crippen molar-refractivity contribution in [2.24, 2.45) is 5.92 Å². The fourth-order valence-corrected chi connectivity index (χ4v) is 2.79. The van der Waals surface area contributed by atoms with Crippen molar-refractivity contribution >= 4 is 17.9 Å². The number of carboxylic acids is 1. The van der Waals surface area contributed by atoms with E-state index in [1.165, 1.54) is 4.90 Å². The van der Waals surface area contributed by atoms with Crippen LogP contribution in [0.15, 0.2) is 11.6 Å². The van der Waals surface area contributed by atoms with Gasteiger partial charge in [0.25, 0.3) is 5.91 Å². The van der Waals surface area contributed by atoms with Crippen LogP contribution in [-0.4, -0.2) is 64.6 Å². The van der Waals surface area contributed by atoms with Gasteiger partial charge in [-0.2, -0.15) is 5.06 Å². The van der Waals surface area contributed by atoms with Gasteiger partial charge < -0.3 is 10.0 Å². The molecule has 1 saturated heterocycles. The van der Waals surface area contributed by atoms with Crippen LogP contribution >= 0.6 is 0 Å². The van der Waals surface area contributed by atoms with Crippen molar-refractivity contribution in [3.8, 4) is 0 Å². The number of nitrogens with one attached hydrogen (secondary N) is 1. The Kier molecular flexibility index (Phi) is 4.41. The van der Waals surface area contributed by atoms with E-state index >= 15 is 0 Å². The minimum Gasteiger partial charge on any atom is -0.477 e. The number of alkyl halides is 1. The number of nitrogens with zero attached hydrogens (tertiary/aromatic N) is 2. The summed E-state index contributed by atoms with van der Waals surface area (Å²) >= 11 is 0. The lowest BCUT2D eigenvalue weighted by Crippen LogP contribution is -2.50. The molecule has 2 fully saturated rings. The van der Waals surface area contributed by atoms with Gasteiger partial charge in [-0.15, -0.1) is 0 Å². The number of aliphatic carboxylic acids is 1. The average Bonchev–Trinajstić information content (AvgIpc) is 3.31. The number of hydrogen-bond donors (Lipinski definition) is 2. The van der Waals surface area contributed by atoms with E-state index in [-0.39, 0.29) is 6.54 Å². The Bertz CT molecular complexity index is 593. The molecule has 3 rings (SSSR count). The first-order chi connectivity index (χ1) is 11.4. The topological polar surface area (TPSA) is 108 Å². The number of urea groups is 1. The summed E-state index contributed by atoms with van der Waals surface area (Å²) in [5.74, 6) is -1.87. The number of carboxylic acid groups (broad SMARTS) is 1. The van der Waals surface area contributed by atoms with Crippen molar-refractivity contribution in [2.45, 2.75) is 38.2 Å². The Morgan fingerprint density at radius 1 is 1.50 bits per heavy atom. The van der Waals surface area contributed by atoms with Gasteiger partial charge in [-0.25, -0.2) is 24.3 Å². The standard InChI is InChI=1S/C14H18FN3O6/c1-7-4-9-5-17(14(22)18(9)24-11(15)13(20)21)10(7)12(19)16-23-6-8-2-3-8/h4,8-11H,2-3,5-6H2,1H3,(H,16,19)(H,20,21)/t9-,10-,11+/m0/s1. The summed E-state index contributed by atoms with van der Waals surface area (Å²) in [4.78, 5) is 46.0. The van der Waals surface area contributed by atoms with Crippen LogP contribution in [0.2, 0.25) is 0 Å². The fourth-order valence-electron chi connectivity index (χ4n) is 2.79. The number of amides is 3. The molecular weight excluding hydrogens is 325 g/mol. The second kappa shape index (κ2) is 6.36. The molecule has 3 amide bonds. The summed E-state index contributed by atoms with van der Waals surface area (Å²) < 4.78 is 13.3. The van der Waals surface area contributed by atoms with Gasteiger partial charge in [0.15, 0.2) is 0 Å². The van der Waals surface area contributed by atoms with Crippen molar-refractivity contribution in [3.05, 3.63) is 11.6 Å². The maximum Gasteiger partial charge on any atom is 0.368 e. The molecule has 24 heavy (non-hydrogen) atoms. The lowest BCUT2D eigenvalue weighted by molar-refractivity contribution is -0.219. The molecule has 2 bridgehead atoms. The highest BCUT2D eigenvalue weighted by Crippen LogP contribution is 2.31. The van der Waals surface area contributed by atoms with Gasteiger partial charge >= 0.3 is 18.4 Å². The Labute approximate surface area is 136 Å². The average molecular weight is 343 g/mol. The predicted molar refractivity (Wildman–Crippen MR) is 75.7 cm³/mol. The first-order valence-corrected chi connectivity index (χ1v) is 7.62. The molecule has 0 aromatic heterocycles. The molecule has 2 aliphatic heterocycles. The van der Waals surface area contributed by atoms with Crippen LogP contribution in [0.4, 0.5) is 9.18 Å². The van der Waals surface area contributed by atoms with Crippen LogP contribution in [0, 0.1) is 5.92 Å². The molecule has 2 heterocycles. The van der Waals surface area contributed by atoms with Gasteiger partial charge in [-0.3, -0.25) is 9.63 Å². The smallest absolute Gasteiger partial charge is 0.368 e. The van der Waals surface area contributed by atoms with Gasteiger partial charge in [-0.1, -0.05) is 6.08 Å². The maximum atomic E-state index is 13.3. The highest BCUT2D eigenvalue weighted by Gasteiger charge is 2.48. The van der Waals surface area contributed by atoms with Crippen LogP contribution in [0.1, 0.15) is 19.8 Å². The first-order valence-electron chi connectivity index (χ1n) is 7.62. The van der Waals surface area contributed by atoms with Gasteiger partial charge in [0.1, 0.15) is 6.04 Å². The van der Waals surface area contributed by atoms with Crippen molar-refractivity contribution < 1.29 is 33.6 Å². The van der Waals surface area contributed by atoms with Gasteiger partial charge in [-0.05, 0) is 31.3 Å². The molecule has 0 spiro atoms. The fraction of sp³-hybridized carbons (Fsp3) is 0.643. The minimum atomic E-state index is -2.66. The van der Waals surface area contributed by atoms with Crippen molar-refractivity contribution in [2.75, 3.05) is 13.2 Å². The molecule has 1 saturated carbocycles. The molecule has 3 aliphatic rings. The lowest BCUT2D eigenvalue weighted by Gasteiger charge is -2.28. The molecule has 0 aromatic rings. The zero-order valence-electron chi connectivity index (χ0n) is 13.0. The zero-order chi connectivity index (χ0) is 17.4. The lowest BCUT2D eigenvalue weighted by atomic mass is 10.0. The number of rotatable bonds is 7. The van der Waals surface area contributed by atoms with Crippen molar-refractivity contribution in [3.63, 3.8) is 0 Å². The van der Waals surface area contributed by atoms with Crippen LogP contribution in [-0.2, 0) is 19.3 Å². The van der Waals surface area contributed by atoms with E-state index in [4.69, 9.17) is 9.94 Å². The maximum absolute atomic E-state index is 13.3. The van der Waals surface area contributed by atoms with E-state index in [2.05, 4.69) is 10.3 Å². The third-order valence-corrected chi connectivity index (χ3v) is 4.15. The van der Waals surface area contributed by atoms with E-state index in [0.29, 0.717) is 23.2 Å². The van der Waals surface area contributed by atoms with Crippen molar-refractivity contribution in [1.29, 1.82) is 0 Å². The quantitative estimate of drug-likeness (QED) is 0.505. The van der Waals surface area contributed by atoms with Crippen LogP contribution in [0.5, 0.6) is 0 Å². The Morgan fingerprint density at radius 2 is 2.21 bits per heavy atom. The summed E-state index contributed by atoms with van der Waals surface area (Å²) in [5.41, 5.74) is 2.90. The van der Waals surface area contributed by atoms with E-state index in [9.17, 15) is 18.8 Å². The molecule has 10 heteroatoms. The second-order valence-corrected chi connectivity index (χ2v) is 6.12. The monoisotopic (exact) mass is 343 g/mol. The van der Waals surface area contributed by atoms with Crippen LogP contribution in [0.3, 0.4) is 0 Å². The number of hydroxylamine groups is 3. The molecule has 0 radical (unpaired) electrons. The Balaban J connectivity index is 1.65. The molecule has 0 aromatic carbocycles. The Morgan fingerprint density at radius 3 is 2.83 bits per heavy atom. The molecule has 9 nitrogen and oxygen atoms in total. The second-order valence-electron chi connectivity index (χ2n) is 6.12. The van der Waals surface area contributed by atoms with Crippen molar-refractivity contribution in [1.82, 2.24) is 15.4 Å². The van der Waals surface area contributed by atoms with Crippen LogP contribution < -0.4 is 5.48 Å². The van der Waals surface area contributed by atoms with Crippen LogP contribution in [0.25, 0.3) is 0 Å². The van der Waals surface area contributed by atoms with Gasteiger partial charge in [0.05, 0.1) is 19.2 Å². The van der Waals surface area contributed by atoms with E-state index in [1.54, 1.807) is 13.0 Å². The highest BCUT2D eigenvalue weighted by molar-refractivity contribution is 5.91. The summed E-state index contributed by atoms with van der Waals surface area (Å²) in [5, 5.41) is 9.21. The molecule has 132 valence electrons. The predicted octanol–water partition coefficient (Wildman–Crippen LogP) is 0.191. The van der Waals surface area contributed by atoms with E-state index in [0.717, 1.165) is 12.8 Å². The minimum absolute atomic E-state index is 0.100. The molecular formula is C14H18FN3O6. The molecule has 1 aliphatic carbocycles. The summed E-state index contributed by atoms with van der Waals surface area (Å²) in [6.45, 7) is 2.18. The number of hydrogen-bond acceptors (Lipinski definition) is 5. The summed E-state index contributed by atoms with van der Waals surface area (Å²) in [6.07, 6.45) is 1.08. The van der Waals surface area contributed by atoms with E-state index < -0.39 is 36.3 Å². The number of carbonyl (C=O) groups excluding carboxylic acids is 2. The molecule has 3 atom stereocenters. The SMILES string of the molecule is CC1=C[C@H]2CN(C(=O)N2O[C@@H](F)C(=O)O)[C@@H]1C(=O)NOCC1CC1. The van der Waals surface area contributed by atoms with Gasteiger partial charge in [0.2, 0.25) is 0 Å². The third-order valence-electron chi connectivity index (χ3n) is 4.15. The summed E-state index contributed by atoms with van der Waals surface area (Å²) in [7, 11) is 0. The molecule has 2 N–H and O–H groups in total.